The van der Waals surface area contributed by atoms with E-state index in [0.717, 1.165) is 5.75 Å². The first kappa shape index (κ1) is 12.2. The number of aromatic nitrogens is 4. The molecule has 94 valence electrons. The zero-order valence-corrected chi connectivity index (χ0v) is 10.1. The highest BCUT2D eigenvalue weighted by Crippen LogP contribution is 2.08. The normalized spacial score (nSPS) is 10.3. The number of ketones is 1. The summed E-state index contributed by atoms with van der Waals surface area (Å²) in [4.78, 5) is 13.0. The van der Waals surface area contributed by atoms with Gasteiger partial charge in [0.15, 0.2) is 5.82 Å². The highest BCUT2D eigenvalue weighted by Gasteiger charge is 2.08. The van der Waals surface area contributed by atoms with Gasteiger partial charge in [-0.1, -0.05) is 18.2 Å². The van der Waals surface area contributed by atoms with E-state index in [2.05, 4.69) is 15.4 Å². The molecule has 0 aliphatic heterocycles. The number of carbonyl (C=O) groups excluding carboxylic acids is 1. The standard InChI is InChI=1S/C12H14N4O2/c1-16-14-12(13-15-16)9-10(17)7-8-18-11-5-3-2-4-6-11/h2-6H,7-9H2,1H3. The van der Waals surface area contributed by atoms with Crippen LogP contribution < -0.4 is 4.74 Å². The SMILES string of the molecule is Cn1nnc(CC(=O)CCOc2ccccc2)n1. The predicted octanol–water partition coefficient (Wildman–Crippen LogP) is 0.791. The lowest BCUT2D eigenvalue weighted by atomic mass is 10.2. The van der Waals surface area contributed by atoms with E-state index in [9.17, 15) is 4.79 Å². The minimum absolute atomic E-state index is 0.0407. The lowest BCUT2D eigenvalue weighted by Gasteiger charge is -2.04. The molecule has 0 N–H and O–H groups in total. The van der Waals surface area contributed by atoms with Crippen LogP contribution in [0.25, 0.3) is 0 Å². The second kappa shape index (κ2) is 5.90. The van der Waals surface area contributed by atoms with Crippen LogP contribution in [0.2, 0.25) is 0 Å². The second-order valence-corrected chi connectivity index (χ2v) is 3.82. The molecule has 1 aromatic heterocycles. The summed E-state index contributed by atoms with van der Waals surface area (Å²) in [6.07, 6.45) is 0.541. The summed E-state index contributed by atoms with van der Waals surface area (Å²) < 4.78 is 5.44. The van der Waals surface area contributed by atoms with Crippen molar-refractivity contribution in [3.8, 4) is 5.75 Å². The molecule has 0 bridgehead atoms. The molecule has 6 nitrogen and oxygen atoms in total. The first-order valence-electron chi connectivity index (χ1n) is 5.66. The van der Waals surface area contributed by atoms with Crippen LogP contribution in [-0.4, -0.2) is 32.6 Å². The number of Topliss-reactive ketones (excluding diaryl/α,β-unsaturated/α-hetero) is 1. The van der Waals surface area contributed by atoms with Gasteiger partial charge in [-0.05, 0) is 17.3 Å². The minimum atomic E-state index is 0.0407. The van der Waals surface area contributed by atoms with Crippen LogP contribution in [0, 0.1) is 0 Å². The van der Waals surface area contributed by atoms with Crippen molar-refractivity contribution in [3.63, 3.8) is 0 Å². The van der Waals surface area contributed by atoms with Crippen molar-refractivity contribution in [2.24, 2.45) is 7.05 Å². The Morgan fingerprint density at radius 3 is 2.78 bits per heavy atom. The molecule has 6 heteroatoms. The van der Waals surface area contributed by atoms with Crippen molar-refractivity contribution < 1.29 is 9.53 Å². The smallest absolute Gasteiger partial charge is 0.182 e. The Bertz CT molecular complexity index is 510. The Morgan fingerprint density at radius 1 is 1.33 bits per heavy atom. The Morgan fingerprint density at radius 2 is 2.11 bits per heavy atom. The lowest BCUT2D eigenvalue weighted by Crippen LogP contribution is -2.10. The molecule has 0 radical (unpaired) electrons. The van der Waals surface area contributed by atoms with E-state index in [1.807, 2.05) is 30.3 Å². The molecule has 18 heavy (non-hydrogen) atoms. The molecular weight excluding hydrogens is 232 g/mol. The van der Waals surface area contributed by atoms with E-state index in [4.69, 9.17) is 4.74 Å². The Kier molecular flexibility index (Phi) is 4.01. The Balaban J connectivity index is 1.72. The molecule has 0 saturated carbocycles. The quantitative estimate of drug-likeness (QED) is 0.753. The third-order valence-electron chi connectivity index (χ3n) is 2.30. The number of hydrogen-bond acceptors (Lipinski definition) is 5. The van der Waals surface area contributed by atoms with E-state index in [0.29, 0.717) is 18.9 Å². The van der Waals surface area contributed by atoms with E-state index < -0.39 is 0 Å². The van der Waals surface area contributed by atoms with Gasteiger partial charge in [0.1, 0.15) is 11.5 Å². The maximum absolute atomic E-state index is 11.6. The predicted molar refractivity (Wildman–Crippen MR) is 64.1 cm³/mol. The largest absolute Gasteiger partial charge is 0.493 e. The number of rotatable bonds is 6. The fourth-order valence-electron chi connectivity index (χ4n) is 1.46. The van der Waals surface area contributed by atoms with Crippen molar-refractivity contribution in [1.82, 2.24) is 20.2 Å². The zero-order valence-electron chi connectivity index (χ0n) is 10.1. The highest BCUT2D eigenvalue weighted by atomic mass is 16.5. The van der Waals surface area contributed by atoms with Gasteiger partial charge in [0.2, 0.25) is 0 Å². The van der Waals surface area contributed by atoms with Crippen molar-refractivity contribution in [2.75, 3.05) is 6.61 Å². The van der Waals surface area contributed by atoms with Gasteiger partial charge in [-0.25, -0.2) is 0 Å². The molecule has 0 unspecified atom stereocenters. The van der Waals surface area contributed by atoms with E-state index in [1.54, 1.807) is 7.05 Å². The van der Waals surface area contributed by atoms with E-state index >= 15 is 0 Å². The monoisotopic (exact) mass is 246 g/mol. The van der Waals surface area contributed by atoms with Crippen molar-refractivity contribution >= 4 is 5.78 Å². The molecule has 1 aromatic carbocycles. The number of carbonyl (C=O) groups is 1. The van der Waals surface area contributed by atoms with Gasteiger partial charge in [-0.3, -0.25) is 4.79 Å². The molecule has 2 aromatic rings. The number of benzene rings is 1. The average Bonchev–Trinajstić information content (AvgIpc) is 2.76. The number of hydrogen-bond donors (Lipinski definition) is 0. The van der Waals surface area contributed by atoms with Crippen molar-refractivity contribution in [2.45, 2.75) is 12.8 Å². The summed E-state index contributed by atoms with van der Waals surface area (Å²) in [5.74, 6) is 1.25. The molecular formula is C12H14N4O2. The van der Waals surface area contributed by atoms with Gasteiger partial charge < -0.3 is 4.74 Å². The molecule has 0 saturated heterocycles. The topological polar surface area (TPSA) is 69.9 Å². The minimum Gasteiger partial charge on any atom is -0.493 e. The van der Waals surface area contributed by atoms with Gasteiger partial charge >= 0.3 is 0 Å². The number of tetrazole rings is 1. The molecule has 2 rings (SSSR count). The summed E-state index contributed by atoms with van der Waals surface area (Å²) in [6, 6.07) is 9.41. The molecule has 0 aliphatic carbocycles. The van der Waals surface area contributed by atoms with Gasteiger partial charge in [0.05, 0.1) is 20.1 Å². The van der Waals surface area contributed by atoms with E-state index in [-0.39, 0.29) is 12.2 Å². The first-order chi connectivity index (χ1) is 8.74. The number of nitrogens with zero attached hydrogens (tertiary/aromatic N) is 4. The fraction of sp³-hybridized carbons (Fsp3) is 0.333. The summed E-state index contributed by atoms with van der Waals surface area (Å²) >= 11 is 0. The van der Waals surface area contributed by atoms with Gasteiger partial charge in [0.25, 0.3) is 0 Å². The number of ether oxygens (including phenoxy) is 1. The maximum Gasteiger partial charge on any atom is 0.182 e. The second-order valence-electron chi connectivity index (χ2n) is 3.82. The van der Waals surface area contributed by atoms with Gasteiger partial charge in [-0.2, -0.15) is 4.80 Å². The van der Waals surface area contributed by atoms with Crippen LogP contribution in [-0.2, 0) is 18.3 Å². The summed E-state index contributed by atoms with van der Waals surface area (Å²) in [5.41, 5.74) is 0. The van der Waals surface area contributed by atoms with Crippen LogP contribution in [0.15, 0.2) is 30.3 Å². The Hall–Kier alpha value is -2.24. The summed E-state index contributed by atoms with van der Waals surface area (Å²) in [5, 5.41) is 11.4. The van der Waals surface area contributed by atoms with Crippen molar-refractivity contribution in [1.29, 1.82) is 0 Å². The van der Waals surface area contributed by atoms with E-state index in [1.165, 1.54) is 4.80 Å². The third kappa shape index (κ3) is 3.65. The van der Waals surface area contributed by atoms with Crippen LogP contribution in [0.4, 0.5) is 0 Å². The average molecular weight is 246 g/mol. The molecule has 0 fully saturated rings. The third-order valence-corrected chi connectivity index (χ3v) is 2.30. The van der Waals surface area contributed by atoms with Crippen LogP contribution >= 0.6 is 0 Å². The van der Waals surface area contributed by atoms with Crippen molar-refractivity contribution in [3.05, 3.63) is 36.2 Å². The molecule has 0 spiro atoms. The summed E-state index contributed by atoms with van der Waals surface area (Å²) in [6.45, 7) is 0.364. The molecule has 0 atom stereocenters. The number of para-hydroxylation sites is 1. The lowest BCUT2D eigenvalue weighted by molar-refractivity contribution is -0.119. The maximum atomic E-state index is 11.6. The number of aryl methyl sites for hydroxylation is 1. The molecule has 0 amide bonds. The first-order valence-corrected chi connectivity index (χ1v) is 5.66. The highest BCUT2D eigenvalue weighted by molar-refractivity contribution is 5.80. The Labute approximate surface area is 105 Å². The molecule has 1 heterocycles. The van der Waals surface area contributed by atoms with Crippen LogP contribution in [0.5, 0.6) is 5.75 Å². The van der Waals surface area contributed by atoms with Crippen LogP contribution in [0.1, 0.15) is 12.2 Å². The zero-order chi connectivity index (χ0) is 12.8. The molecule has 0 aliphatic rings. The summed E-state index contributed by atoms with van der Waals surface area (Å²) in [7, 11) is 1.67. The van der Waals surface area contributed by atoms with Gasteiger partial charge in [-0.15, -0.1) is 10.2 Å². The fourth-order valence-corrected chi connectivity index (χ4v) is 1.46. The van der Waals surface area contributed by atoms with Gasteiger partial charge in [0, 0.05) is 6.42 Å². The van der Waals surface area contributed by atoms with Crippen LogP contribution in [0.3, 0.4) is 0 Å².